The Morgan fingerprint density at radius 1 is 1.36 bits per heavy atom. The zero-order valence-electron chi connectivity index (χ0n) is 12.9. The van der Waals surface area contributed by atoms with E-state index in [1.165, 1.54) is 12.4 Å². The number of likely N-dealkylation sites (tertiary alicyclic amines) is 1. The first kappa shape index (κ1) is 17.1. The van der Waals surface area contributed by atoms with Gasteiger partial charge in [-0.3, -0.25) is 4.21 Å². The molecule has 0 aliphatic carbocycles. The van der Waals surface area contributed by atoms with Crippen LogP contribution in [-0.2, 0) is 15.5 Å². The number of carbonyl (C=O) groups excluding carboxylic acids is 1. The van der Waals surface area contributed by atoms with Gasteiger partial charge in [0.15, 0.2) is 0 Å². The van der Waals surface area contributed by atoms with Crippen LogP contribution in [0.5, 0.6) is 0 Å². The van der Waals surface area contributed by atoms with E-state index < -0.39 is 16.4 Å². The molecule has 1 saturated heterocycles. The Labute approximate surface area is 137 Å². The van der Waals surface area contributed by atoms with Crippen molar-refractivity contribution in [3.05, 3.63) is 17.5 Å². The molecule has 2 rings (SSSR count). The Morgan fingerprint density at radius 3 is 2.55 bits per heavy atom. The summed E-state index contributed by atoms with van der Waals surface area (Å²) in [6, 6.07) is 1.53. The van der Waals surface area contributed by atoms with Gasteiger partial charge < -0.3 is 9.64 Å². The number of carbonyl (C=O) groups is 1. The van der Waals surface area contributed by atoms with Gasteiger partial charge in [-0.15, -0.1) is 0 Å². The lowest BCUT2D eigenvalue weighted by molar-refractivity contribution is 0.0218. The van der Waals surface area contributed by atoms with Crippen LogP contribution in [0.4, 0.5) is 4.79 Å². The second kappa shape index (κ2) is 6.91. The number of nitrogens with zero attached hydrogens (tertiary/aromatic N) is 3. The third-order valence-corrected chi connectivity index (χ3v) is 5.13. The van der Waals surface area contributed by atoms with Gasteiger partial charge in [0.2, 0.25) is 0 Å². The number of halogens is 1. The summed E-state index contributed by atoms with van der Waals surface area (Å²) in [6.45, 7) is 6.58. The van der Waals surface area contributed by atoms with Gasteiger partial charge in [-0.2, -0.15) is 0 Å². The lowest BCUT2D eigenvalue weighted by Gasteiger charge is -2.32. The molecular formula is C14H20ClN3O3S. The van der Waals surface area contributed by atoms with E-state index in [1.807, 2.05) is 20.8 Å². The summed E-state index contributed by atoms with van der Waals surface area (Å²) in [7, 11) is -1.24. The van der Waals surface area contributed by atoms with Crippen molar-refractivity contribution < 1.29 is 13.7 Å². The van der Waals surface area contributed by atoms with Gasteiger partial charge in [-0.1, -0.05) is 11.6 Å². The highest BCUT2D eigenvalue weighted by Crippen LogP contribution is 2.22. The van der Waals surface area contributed by atoms with Crippen LogP contribution >= 0.6 is 11.6 Å². The van der Waals surface area contributed by atoms with Gasteiger partial charge >= 0.3 is 6.09 Å². The van der Waals surface area contributed by atoms with Crippen LogP contribution in [0.25, 0.3) is 0 Å². The number of aromatic nitrogens is 2. The molecule has 0 unspecified atom stereocenters. The van der Waals surface area contributed by atoms with Crippen molar-refractivity contribution in [1.82, 2.24) is 14.9 Å². The average Bonchev–Trinajstić information content (AvgIpc) is 2.45. The fourth-order valence-electron chi connectivity index (χ4n) is 2.18. The molecule has 0 radical (unpaired) electrons. The third-order valence-electron chi connectivity index (χ3n) is 3.21. The molecule has 122 valence electrons. The maximum Gasteiger partial charge on any atom is 0.410 e. The van der Waals surface area contributed by atoms with Crippen molar-refractivity contribution in [2.75, 3.05) is 13.1 Å². The quantitative estimate of drug-likeness (QED) is 0.770. The van der Waals surface area contributed by atoms with E-state index in [2.05, 4.69) is 9.97 Å². The normalized spacial score (nSPS) is 18.1. The number of amides is 1. The largest absolute Gasteiger partial charge is 0.444 e. The highest BCUT2D eigenvalue weighted by atomic mass is 35.5. The van der Waals surface area contributed by atoms with Crippen LogP contribution in [0.2, 0.25) is 5.15 Å². The van der Waals surface area contributed by atoms with Crippen LogP contribution in [0.3, 0.4) is 0 Å². The van der Waals surface area contributed by atoms with Gasteiger partial charge in [0, 0.05) is 24.4 Å². The van der Waals surface area contributed by atoms with Crippen LogP contribution in [0, 0.1) is 0 Å². The van der Waals surface area contributed by atoms with Gasteiger partial charge in [0.05, 0.1) is 10.8 Å². The van der Waals surface area contributed by atoms with Crippen molar-refractivity contribution in [3.8, 4) is 0 Å². The minimum Gasteiger partial charge on any atom is -0.444 e. The topological polar surface area (TPSA) is 72.4 Å². The molecule has 0 bridgehead atoms. The number of ether oxygens (including phenoxy) is 1. The Bertz CT molecular complexity index is 569. The highest BCUT2D eigenvalue weighted by molar-refractivity contribution is 7.85. The smallest absolute Gasteiger partial charge is 0.410 e. The third kappa shape index (κ3) is 4.64. The summed E-state index contributed by atoms with van der Waals surface area (Å²) in [5.41, 5.74) is -0.505. The maximum absolute atomic E-state index is 12.5. The lowest BCUT2D eigenvalue weighted by Crippen LogP contribution is -2.43. The fraction of sp³-hybridized carbons (Fsp3) is 0.643. The molecule has 1 aromatic heterocycles. The van der Waals surface area contributed by atoms with Crippen molar-refractivity contribution in [3.63, 3.8) is 0 Å². The molecule has 0 saturated carbocycles. The van der Waals surface area contributed by atoms with E-state index in [9.17, 15) is 9.00 Å². The molecule has 1 fully saturated rings. The summed E-state index contributed by atoms with van der Waals surface area (Å²) in [5, 5.41) is 0.685. The number of hydrogen-bond donors (Lipinski definition) is 0. The zero-order chi connectivity index (χ0) is 16.3. The maximum atomic E-state index is 12.5. The lowest BCUT2D eigenvalue weighted by atomic mass is 10.1. The van der Waals surface area contributed by atoms with Gasteiger partial charge in [-0.05, 0) is 33.6 Å². The summed E-state index contributed by atoms with van der Waals surface area (Å²) in [5.74, 6) is 0. The summed E-state index contributed by atoms with van der Waals surface area (Å²) < 4.78 is 17.8. The zero-order valence-corrected chi connectivity index (χ0v) is 14.5. The Kier molecular flexibility index (Phi) is 5.39. The Morgan fingerprint density at radius 2 is 2.00 bits per heavy atom. The number of piperidine rings is 1. The monoisotopic (exact) mass is 345 g/mol. The SMILES string of the molecule is CC(C)(C)OC(=O)N1CCC([S@@](=O)c2cc(Cl)ncn2)CC1. The van der Waals surface area contributed by atoms with Crippen LogP contribution < -0.4 is 0 Å². The minimum absolute atomic E-state index is 0.0374. The first-order valence-corrected chi connectivity index (χ1v) is 8.71. The van der Waals surface area contributed by atoms with Crippen molar-refractivity contribution in [2.45, 2.75) is 49.5 Å². The van der Waals surface area contributed by atoms with E-state index >= 15 is 0 Å². The Hall–Kier alpha value is -1.21. The molecule has 6 nitrogen and oxygen atoms in total. The van der Waals surface area contributed by atoms with E-state index in [0.717, 1.165) is 0 Å². The van der Waals surface area contributed by atoms with Crippen LogP contribution in [0.15, 0.2) is 17.4 Å². The van der Waals surface area contributed by atoms with Gasteiger partial charge in [0.25, 0.3) is 0 Å². The molecule has 1 aliphatic rings. The summed E-state index contributed by atoms with van der Waals surface area (Å²) >= 11 is 5.80. The molecule has 0 N–H and O–H groups in total. The van der Waals surface area contributed by atoms with E-state index in [1.54, 1.807) is 4.90 Å². The predicted octanol–water partition coefficient (Wildman–Crippen LogP) is 2.64. The first-order chi connectivity index (χ1) is 10.3. The van der Waals surface area contributed by atoms with E-state index in [4.69, 9.17) is 16.3 Å². The molecule has 0 aromatic carbocycles. The van der Waals surface area contributed by atoms with Crippen molar-refractivity contribution >= 4 is 28.5 Å². The standard InChI is InChI=1S/C14H20ClN3O3S/c1-14(2,3)21-13(19)18-6-4-10(5-7-18)22(20)12-8-11(15)16-9-17-12/h8-10H,4-7H2,1-3H3/t22-/m1/s1. The van der Waals surface area contributed by atoms with E-state index in [0.29, 0.717) is 31.0 Å². The second-order valence-corrected chi connectivity index (χ2v) is 8.21. The molecule has 8 heteroatoms. The summed E-state index contributed by atoms with van der Waals surface area (Å²) in [6.07, 6.45) is 2.29. The van der Waals surface area contributed by atoms with Gasteiger partial charge in [-0.25, -0.2) is 14.8 Å². The molecule has 0 spiro atoms. The fourth-order valence-corrected chi connectivity index (χ4v) is 3.75. The second-order valence-electron chi connectivity index (χ2n) is 6.14. The molecular weight excluding hydrogens is 326 g/mol. The molecule has 1 aromatic rings. The Balaban J connectivity index is 1.92. The highest BCUT2D eigenvalue weighted by Gasteiger charge is 2.30. The van der Waals surface area contributed by atoms with Gasteiger partial charge in [0.1, 0.15) is 22.1 Å². The van der Waals surface area contributed by atoms with Crippen LogP contribution in [-0.4, -0.2) is 49.1 Å². The minimum atomic E-state index is -1.24. The molecule has 1 amide bonds. The van der Waals surface area contributed by atoms with E-state index in [-0.39, 0.29) is 16.5 Å². The first-order valence-electron chi connectivity index (χ1n) is 7.12. The molecule has 1 atom stereocenters. The van der Waals surface area contributed by atoms with Crippen molar-refractivity contribution in [1.29, 1.82) is 0 Å². The average molecular weight is 346 g/mol. The number of rotatable bonds is 2. The predicted molar refractivity (Wildman–Crippen MR) is 84.3 cm³/mol. The van der Waals surface area contributed by atoms with Crippen LogP contribution in [0.1, 0.15) is 33.6 Å². The molecule has 22 heavy (non-hydrogen) atoms. The number of hydrogen-bond acceptors (Lipinski definition) is 5. The molecule has 2 heterocycles. The van der Waals surface area contributed by atoms with Crippen molar-refractivity contribution in [2.24, 2.45) is 0 Å². The summed E-state index contributed by atoms with van der Waals surface area (Å²) in [4.78, 5) is 21.5. The molecule has 1 aliphatic heterocycles.